The van der Waals surface area contributed by atoms with Crippen molar-refractivity contribution in [1.29, 1.82) is 0 Å². The van der Waals surface area contributed by atoms with E-state index in [9.17, 15) is 20.1 Å². The normalized spacial score (nSPS) is 21.8. The highest BCUT2D eigenvalue weighted by atomic mass is 17.1. The summed E-state index contributed by atoms with van der Waals surface area (Å²) in [6.45, 7) is 5.04. The molecule has 3 atom stereocenters. The number of hydrogen-bond donors (Lipinski definition) is 4. The molecule has 0 aromatic rings. The average molecular weight is 405 g/mol. The number of cyclic esters (lactones) is 1. The van der Waals surface area contributed by atoms with Crippen LogP contribution in [0.3, 0.4) is 0 Å². The van der Waals surface area contributed by atoms with Gasteiger partial charge in [0.1, 0.15) is 12.7 Å². The fourth-order valence-electron chi connectivity index (χ4n) is 3.48. The molecule has 0 saturated carbocycles. The molecule has 4 N–H and O–H groups in total. The molecule has 28 heavy (non-hydrogen) atoms. The van der Waals surface area contributed by atoms with Crippen LogP contribution >= 0.6 is 0 Å². The Morgan fingerprint density at radius 3 is 2.32 bits per heavy atom. The van der Waals surface area contributed by atoms with Gasteiger partial charge in [-0.05, 0) is 18.8 Å². The summed E-state index contributed by atoms with van der Waals surface area (Å²) >= 11 is 0. The zero-order chi connectivity index (χ0) is 21.2. The minimum atomic E-state index is -1.67. The van der Waals surface area contributed by atoms with E-state index in [1.165, 1.54) is 19.3 Å². The first-order chi connectivity index (χ1) is 13.3. The van der Waals surface area contributed by atoms with E-state index in [0.29, 0.717) is 6.42 Å². The number of aliphatic hydroxyl groups is 3. The quantitative estimate of drug-likeness (QED) is 0.142. The molecule has 0 aromatic heterocycles. The third kappa shape index (κ3) is 6.62. The number of carbonyl (C=O) groups is 1. The third-order valence-corrected chi connectivity index (χ3v) is 4.88. The van der Waals surface area contributed by atoms with Crippen LogP contribution in [0.1, 0.15) is 72.1 Å². The predicted octanol–water partition coefficient (Wildman–Crippen LogP) is 2.51. The average Bonchev–Trinajstić information content (AvgIpc) is 2.92. The lowest BCUT2D eigenvalue weighted by molar-refractivity contribution is -0.211. The molecule has 1 aliphatic heterocycles. The smallest absolute Gasteiger partial charge is 0.382 e. The van der Waals surface area contributed by atoms with Crippen molar-refractivity contribution in [2.45, 2.75) is 89.9 Å². The van der Waals surface area contributed by atoms with E-state index in [1.54, 1.807) is 0 Å². The Morgan fingerprint density at radius 1 is 1.11 bits per heavy atom. The zero-order valence-corrected chi connectivity index (χ0v) is 17.2. The number of hydrogen-bond acceptors (Lipinski definition) is 8. The summed E-state index contributed by atoms with van der Waals surface area (Å²) in [6, 6.07) is 0. The third-order valence-electron chi connectivity index (χ3n) is 4.88. The van der Waals surface area contributed by atoms with Gasteiger partial charge in [0, 0.05) is 0 Å². The number of unbranched alkanes of at least 4 members (excludes halogenated alkanes) is 5. The van der Waals surface area contributed by atoms with Crippen molar-refractivity contribution < 1.29 is 39.7 Å². The summed E-state index contributed by atoms with van der Waals surface area (Å²) in [5.41, 5.74) is -1.67. The summed E-state index contributed by atoms with van der Waals surface area (Å²) in [7, 11) is 0. The predicted molar refractivity (Wildman–Crippen MR) is 102 cm³/mol. The van der Waals surface area contributed by atoms with E-state index in [0.717, 1.165) is 19.3 Å². The molecule has 0 saturated heterocycles. The summed E-state index contributed by atoms with van der Waals surface area (Å²) in [4.78, 5) is 16.2. The number of aliphatic hydroxyl groups excluding tert-OH is 3. The number of carbonyl (C=O) groups excluding carboxylic acids is 1. The first-order valence-electron chi connectivity index (χ1n) is 10.2. The molecular weight excluding hydrogens is 368 g/mol. The molecule has 0 aromatic carbocycles. The Kier molecular flexibility index (Phi) is 10.8. The molecule has 1 aliphatic rings. The van der Waals surface area contributed by atoms with E-state index in [4.69, 9.17) is 14.7 Å². The van der Waals surface area contributed by atoms with E-state index in [2.05, 4.69) is 11.8 Å². The molecule has 164 valence electrons. The summed E-state index contributed by atoms with van der Waals surface area (Å²) < 4.78 is 10.9. The van der Waals surface area contributed by atoms with E-state index in [1.807, 2.05) is 13.8 Å². The van der Waals surface area contributed by atoms with Gasteiger partial charge in [0.25, 0.3) is 5.76 Å². The maximum absolute atomic E-state index is 12.1. The minimum Gasteiger partial charge on any atom is -0.487 e. The maximum Gasteiger partial charge on any atom is 0.382 e. The molecule has 0 radical (unpaired) electrons. The van der Waals surface area contributed by atoms with Crippen molar-refractivity contribution in [2.24, 2.45) is 5.92 Å². The van der Waals surface area contributed by atoms with Crippen LogP contribution in [-0.2, 0) is 19.2 Å². The highest BCUT2D eigenvalue weighted by molar-refractivity contribution is 5.90. The lowest BCUT2D eigenvalue weighted by Gasteiger charge is -2.35. The Labute approximate surface area is 167 Å². The van der Waals surface area contributed by atoms with Crippen molar-refractivity contribution in [3.8, 4) is 0 Å². The van der Waals surface area contributed by atoms with Crippen molar-refractivity contribution >= 4 is 5.97 Å². The van der Waals surface area contributed by atoms with Gasteiger partial charge in [0.15, 0.2) is 5.76 Å². The van der Waals surface area contributed by atoms with Crippen LogP contribution in [0.5, 0.6) is 0 Å². The first kappa shape index (κ1) is 24.7. The molecule has 0 bridgehead atoms. The lowest BCUT2D eigenvalue weighted by Crippen LogP contribution is -2.48. The van der Waals surface area contributed by atoms with E-state index >= 15 is 0 Å². The van der Waals surface area contributed by atoms with E-state index in [-0.39, 0.29) is 24.7 Å². The number of ether oxygens (including phenoxy) is 2. The van der Waals surface area contributed by atoms with Crippen LogP contribution in [0.25, 0.3) is 0 Å². The second kappa shape index (κ2) is 12.3. The molecule has 0 aliphatic carbocycles. The molecule has 1 unspecified atom stereocenters. The Hall–Kier alpha value is -1.35. The van der Waals surface area contributed by atoms with Crippen LogP contribution in [0.2, 0.25) is 0 Å². The molecule has 8 nitrogen and oxygen atoms in total. The van der Waals surface area contributed by atoms with Crippen LogP contribution in [0, 0.1) is 5.92 Å². The van der Waals surface area contributed by atoms with Gasteiger partial charge in [-0.15, -0.1) is 0 Å². The topological polar surface area (TPSA) is 126 Å². The van der Waals surface area contributed by atoms with Gasteiger partial charge >= 0.3 is 5.97 Å². The maximum atomic E-state index is 12.1. The van der Waals surface area contributed by atoms with Gasteiger partial charge in [-0.25, -0.2) is 10.1 Å². The van der Waals surface area contributed by atoms with Crippen LogP contribution in [0.4, 0.5) is 0 Å². The Balaban J connectivity index is 2.76. The summed E-state index contributed by atoms with van der Waals surface area (Å²) in [6.07, 6.45) is 5.01. The highest BCUT2D eigenvalue weighted by Crippen LogP contribution is 2.41. The number of rotatable bonds is 15. The van der Waals surface area contributed by atoms with Gasteiger partial charge in [-0.1, -0.05) is 59.3 Å². The van der Waals surface area contributed by atoms with Crippen molar-refractivity contribution in [1.82, 2.24) is 0 Å². The van der Waals surface area contributed by atoms with E-state index < -0.39 is 36.1 Å². The fourth-order valence-corrected chi connectivity index (χ4v) is 3.48. The molecule has 0 amide bonds. The second-order valence-corrected chi connectivity index (χ2v) is 7.85. The zero-order valence-electron chi connectivity index (χ0n) is 17.2. The van der Waals surface area contributed by atoms with Crippen molar-refractivity contribution in [3.63, 3.8) is 0 Å². The van der Waals surface area contributed by atoms with Gasteiger partial charge in [0.2, 0.25) is 5.60 Å². The molecule has 1 heterocycles. The molecule has 1 rings (SSSR count). The van der Waals surface area contributed by atoms with Crippen molar-refractivity contribution in [3.05, 3.63) is 11.5 Å². The SMILES string of the molecule is CCCCCCCCC(O)COC1=C(OO)C(=O)O[C@]1(CC(C)C)[C@@H](O)CO. The minimum absolute atomic E-state index is 0.0290. The summed E-state index contributed by atoms with van der Waals surface area (Å²) in [5.74, 6) is -1.79. The van der Waals surface area contributed by atoms with Crippen molar-refractivity contribution in [2.75, 3.05) is 13.2 Å². The summed E-state index contributed by atoms with van der Waals surface area (Å²) in [5, 5.41) is 39.1. The lowest BCUT2D eigenvalue weighted by atomic mass is 9.85. The monoisotopic (exact) mass is 404 g/mol. The first-order valence-corrected chi connectivity index (χ1v) is 10.2. The molecule has 0 spiro atoms. The van der Waals surface area contributed by atoms with Crippen LogP contribution in [0.15, 0.2) is 11.5 Å². The van der Waals surface area contributed by atoms with Gasteiger partial charge in [-0.2, -0.15) is 0 Å². The second-order valence-electron chi connectivity index (χ2n) is 7.85. The van der Waals surface area contributed by atoms with Crippen LogP contribution in [-0.4, -0.2) is 57.6 Å². The Bertz CT molecular complexity index is 504. The largest absolute Gasteiger partial charge is 0.487 e. The molecule has 8 heteroatoms. The van der Waals surface area contributed by atoms with Gasteiger partial charge in [0.05, 0.1) is 12.7 Å². The van der Waals surface area contributed by atoms with Gasteiger partial charge in [-0.3, -0.25) is 0 Å². The fraction of sp³-hybridized carbons (Fsp3) is 0.850. The van der Waals surface area contributed by atoms with Gasteiger partial charge < -0.3 is 29.7 Å². The highest BCUT2D eigenvalue weighted by Gasteiger charge is 2.56. The van der Waals surface area contributed by atoms with Crippen LogP contribution < -0.4 is 0 Å². The Morgan fingerprint density at radius 2 is 1.75 bits per heavy atom. The molecule has 0 fully saturated rings. The number of esters is 1. The molecular formula is C20H36O8. The standard InChI is InChI=1S/C20H36O8/c1-4-5-6-7-8-9-10-15(22)13-26-18-17(28-25)19(24)27-20(18,11-14(2)3)16(23)12-21/h14-16,21-23,25H,4-13H2,1-3H3/t15?,16-,20+/m0/s1.